The van der Waals surface area contributed by atoms with Crippen LogP contribution < -0.4 is 10.1 Å². The first kappa shape index (κ1) is 13.1. The van der Waals surface area contributed by atoms with Crippen molar-refractivity contribution < 1.29 is 9.13 Å². The molecule has 2 heterocycles. The van der Waals surface area contributed by atoms with Crippen molar-refractivity contribution in [3.05, 3.63) is 59.7 Å². The fraction of sp³-hybridized carbons (Fsp3) is 0.312. The normalized spacial score (nSPS) is 18.4. The van der Waals surface area contributed by atoms with Gasteiger partial charge in [-0.1, -0.05) is 25.1 Å². The fourth-order valence-electron chi connectivity index (χ4n) is 2.77. The molecule has 3 rings (SSSR count). The molecular formula is C16H17FN2O. The largest absolute Gasteiger partial charge is 0.493 e. The molecule has 0 fully saturated rings. The van der Waals surface area contributed by atoms with Crippen LogP contribution in [0.1, 0.15) is 30.0 Å². The van der Waals surface area contributed by atoms with E-state index in [2.05, 4.69) is 16.4 Å². The number of rotatable bonds is 4. The maximum Gasteiger partial charge on any atom is 0.141 e. The average molecular weight is 272 g/mol. The van der Waals surface area contributed by atoms with Crippen LogP contribution in [-0.4, -0.2) is 18.1 Å². The Morgan fingerprint density at radius 3 is 3.05 bits per heavy atom. The number of aromatic nitrogens is 1. The third-order valence-electron chi connectivity index (χ3n) is 3.65. The van der Waals surface area contributed by atoms with Crippen LogP contribution in [0.2, 0.25) is 0 Å². The first-order chi connectivity index (χ1) is 9.79. The van der Waals surface area contributed by atoms with Crippen LogP contribution in [0.25, 0.3) is 0 Å². The lowest BCUT2D eigenvalue weighted by Crippen LogP contribution is -2.28. The van der Waals surface area contributed by atoms with E-state index in [1.165, 1.54) is 11.8 Å². The number of halogens is 1. The number of pyridine rings is 1. The predicted molar refractivity (Wildman–Crippen MR) is 75.3 cm³/mol. The van der Waals surface area contributed by atoms with E-state index >= 15 is 0 Å². The number of para-hydroxylation sites is 1. The highest BCUT2D eigenvalue weighted by Gasteiger charge is 2.32. The van der Waals surface area contributed by atoms with Gasteiger partial charge in [0.2, 0.25) is 0 Å². The van der Waals surface area contributed by atoms with Gasteiger partial charge in [-0.3, -0.25) is 4.98 Å². The van der Waals surface area contributed by atoms with E-state index in [0.717, 1.165) is 17.9 Å². The molecule has 20 heavy (non-hydrogen) atoms. The zero-order valence-corrected chi connectivity index (χ0v) is 11.3. The Labute approximate surface area is 117 Å². The smallest absolute Gasteiger partial charge is 0.141 e. The maximum absolute atomic E-state index is 13.4. The average Bonchev–Trinajstić information content (AvgIpc) is 2.88. The SMILES string of the molecule is CCNC(c1cncc(F)c1)C1COc2ccccc21. The Balaban J connectivity index is 1.96. The van der Waals surface area contributed by atoms with Crippen molar-refractivity contribution in [2.24, 2.45) is 0 Å². The Morgan fingerprint density at radius 1 is 1.40 bits per heavy atom. The van der Waals surface area contributed by atoms with Gasteiger partial charge in [0.1, 0.15) is 11.6 Å². The van der Waals surface area contributed by atoms with Gasteiger partial charge in [-0.05, 0) is 24.2 Å². The minimum absolute atomic E-state index is 0.00634. The van der Waals surface area contributed by atoms with Gasteiger partial charge in [0.25, 0.3) is 0 Å². The molecule has 1 aromatic carbocycles. The van der Waals surface area contributed by atoms with Crippen molar-refractivity contribution in [3.63, 3.8) is 0 Å². The first-order valence-electron chi connectivity index (χ1n) is 6.85. The van der Waals surface area contributed by atoms with Crippen molar-refractivity contribution in [2.45, 2.75) is 18.9 Å². The molecule has 0 spiro atoms. The fourth-order valence-corrected chi connectivity index (χ4v) is 2.77. The number of nitrogens with zero attached hydrogens (tertiary/aromatic N) is 1. The number of hydrogen-bond donors (Lipinski definition) is 1. The summed E-state index contributed by atoms with van der Waals surface area (Å²) < 4.78 is 19.2. The summed E-state index contributed by atoms with van der Waals surface area (Å²) in [7, 11) is 0. The number of fused-ring (bicyclic) bond motifs is 1. The summed E-state index contributed by atoms with van der Waals surface area (Å²) in [6, 6.07) is 9.57. The summed E-state index contributed by atoms with van der Waals surface area (Å²) in [6.07, 6.45) is 2.95. The van der Waals surface area contributed by atoms with Crippen LogP contribution in [0.4, 0.5) is 4.39 Å². The Kier molecular flexibility index (Phi) is 3.65. The minimum atomic E-state index is -0.308. The molecule has 3 nitrogen and oxygen atoms in total. The molecule has 0 aliphatic carbocycles. The van der Waals surface area contributed by atoms with Gasteiger partial charge in [-0.15, -0.1) is 0 Å². The summed E-state index contributed by atoms with van der Waals surface area (Å²) in [5.74, 6) is 0.789. The zero-order chi connectivity index (χ0) is 13.9. The Hall–Kier alpha value is -1.94. The topological polar surface area (TPSA) is 34.2 Å². The van der Waals surface area contributed by atoms with E-state index in [1.54, 1.807) is 12.3 Å². The molecule has 4 heteroatoms. The van der Waals surface area contributed by atoms with Crippen LogP contribution in [0.15, 0.2) is 42.7 Å². The molecule has 0 saturated carbocycles. The summed E-state index contributed by atoms with van der Waals surface area (Å²) >= 11 is 0. The molecule has 1 aromatic heterocycles. The molecule has 1 N–H and O–H groups in total. The predicted octanol–water partition coefficient (Wildman–Crippen LogP) is 3.05. The van der Waals surface area contributed by atoms with E-state index in [9.17, 15) is 4.39 Å². The van der Waals surface area contributed by atoms with E-state index < -0.39 is 0 Å². The molecule has 2 unspecified atom stereocenters. The van der Waals surface area contributed by atoms with Gasteiger partial charge in [-0.2, -0.15) is 0 Å². The zero-order valence-electron chi connectivity index (χ0n) is 11.3. The Bertz CT molecular complexity index is 603. The van der Waals surface area contributed by atoms with Crippen molar-refractivity contribution in [1.82, 2.24) is 10.3 Å². The summed E-state index contributed by atoms with van der Waals surface area (Å²) in [6.45, 7) is 3.45. The third-order valence-corrected chi connectivity index (χ3v) is 3.65. The number of likely N-dealkylation sites (N-methyl/N-ethyl adjacent to an activating group) is 1. The van der Waals surface area contributed by atoms with Crippen molar-refractivity contribution in [2.75, 3.05) is 13.2 Å². The van der Waals surface area contributed by atoms with Crippen LogP contribution >= 0.6 is 0 Å². The second kappa shape index (κ2) is 5.59. The van der Waals surface area contributed by atoms with Gasteiger partial charge in [0.05, 0.1) is 12.8 Å². The van der Waals surface area contributed by atoms with Crippen LogP contribution in [-0.2, 0) is 0 Å². The van der Waals surface area contributed by atoms with Gasteiger partial charge < -0.3 is 10.1 Å². The standard InChI is InChI=1S/C16H17FN2O/c1-2-19-16(11-7-12(17)9-18-8-11)14-10-20-15-6-4-3-5-13(14)15/h3-9,14,16,19H,2,10H2,1H3. The molecule has 0 bridgehead atoms. The van der Waals surface area contributed by atoms with Gasteiger partial charge in [0.15, 0.2) is 0 Å². The van der Waals surface area contributed by atoms with E-state index in [-0.39, 0.29) is 17.8 Å². The lowest BCUT2D eigenvalue weighted by Gasteiger charge is -2.24. The second-order valence-electron chi connectivity index (χ2n) is 4.93. The van der Waals surface area contributed by atoms with Crippen molar-refractivity contribution >= 4 is 0 Å². The highest BCUT2D eigenvalue weighted by atomic mass is 19.1. The number of ether oxygens (including phenoxy) is 1. The van der Waals surface area contributed by atoms with Crippen molar-refractivity contribution in [3.8, 4) is 5.75 Å². The van der Waals surface area contributed by atoms with Gasteiger partial charge >= 0.3 is 0 Å². The van der Waals surface area contributed by atoms with Crippen LogP contribution in [0.5, 0.6) is 5.75 Å². The van der Waals surface area contributed by atoms with E-state index in [4.69, 9.17) is 4.74 Å². The summed E-state index contributed by atoms with van der Waals surface area (Å²) in [5.41, 5.74) is 2.03. The van der Waals surface area contributed by atoms with Gasteiger partial charge in [0, 0.05) is 23.7 Å². The molecule has 2 atom stereocenters. The lowest BCUT2D eigenvalue weighted by atomic mass is 9.89. The molecule has 104 valence electrons. The van der Waals surface area contributed by atoms with Crippen LogP contribution in [0, 0.1) is 5.82 Å². The van der Waals surface area contributed by atoms with Gasteiger partial charge in [-0.25, -0.2) is 4.39 Å². The number of hydrogen-bond acceptors (Lipinski definition) is 3. The maximum atomic E-state index is 13.4. The van der Waals surface area contributed by atoms with E-state index in [0.29, 0.717) is 6.61 Å². The molecule has 2 aromatic rings. The molecule has 0 amide bonds. The lowest BCUT2D eigenvalue weighted by molar-refractivity contribution is 0.300. The quantitative estimate of drug-likeness (QED) is 0.929. The molecule has 0 saturated heterocycles. The first-order valence-corrected chi connectivity index (χ1v) is 6.85. The molecule has 1 aliphatic rings. The Morgan fingerprint density at radius 2 is 2.25 bits per heavy atom. The third kappa shape index (κ3) is 2.39. The number of benzene rings is 1. The summed E-state index contributed by atoms with van der Waals surface area (Å²) in [4.78, 5) is 3.96. The van der Waals surface area contributed by atoms with Crippen LogP contribution in [0.3, 0.4) is 0 Å². The minimum Gasteiger partial charge on any atom is -0.493 e. The highest BCUT2D eigenvalue weighted by Crippen LogP contribution is 2.40. The van der Waals surface area contributed by atoms with E-state index in [1.807, 2.05) is 25.1 Å². The monoisotopic (exact) mass is 272 g/mol. The highest BCUT2D eigenvalue weighted by molar-refractivity contribution is 5.42. The number of nitrogens with one attached hydrogen (secondary N) is 1. The molecular weight excluding hydrogens is 255 g/mol. The van der Waals surface area contributed by atoms with Crippen molar-refractivity contribution in [1.29, 1.82) is 0 Å². The molecule has 0 radical (unpaired) electrons. The molecule has 1 aliphatic heterocycles. The summed E-state index contributed by atoms with van der Waals surface area (Å²) in [5, 5.41) is 3.42. The second-order valence-corrected chi connectivity index (χ2v) is 4.93.